The zero-order valence-corrected chi connectivity index (χ0v) is 13.3. The van der Waals surface area contributed by atoms with E-state index in [1.165, 1.54) is 0 Å². The van der Waals surface area contributed by atoms with Gasteiger partial charge in [0, 0.05) is 56.5 Å². The van der Waals surface area contributed by atoms with E-state index in [-0.39, 0.29) is 11.9 Å². The van der Waals surface area contributed by atoms with Crippen LogP contribution in [0.4, 0.5) is 10.1 Å². The normalized spacial score (nSPS) is 18.2. The molecule has 0 radical (unpaired) electrons. The summed E-state index contributed by atoms with van der Waals surface area (Å²) in [4.78, 5) is 6.56. The van der Waals surface area contributed by atoms with E-state index in [1.54, 1.807) is 19.4 Å². The molecule has 5 heteroatoms. The first-order valence-electron chi connectivity index (χ1n) is 7.72. The number of halogens is 1. The molecule has 118 valence electrons. The second-order valence-electron chi connectivity index (χ2n) is 5.76. The fourth-order valence-electron chi connectivity index (χ4n) is 3.17. The fourth-order valence-corrected chi connectivity index (χ4v) is 3.17. The molecular weight excluding hydrogens is 281 g/mol. The van der Waals surface area contributed by atoms with Crippen molar-refractivity contribution in [3.8, 4) is 11.4 Å². The maximum atomic E-state index is 14.6. The number of aromatic nitrogens is 2. The minimum absolute atomic E-state index is 0.154. The molecule has 4 nitrogen and oxygen atoms in total. The Kier molecular flexibility index (Phi) is 4.16. The summed E-state index contributed by atoms with van der Waals surface area (Å²) in [5.41, 5.74) is 2.56. The van der Waals surface area contributed by atoms with Crippen LogP contribution in [0.1, 0.15) is 18.9 Å². The Morgan fingerprint density at radius 2 is 2.23 bits per heavy atom. The maximum Gasteiger partial charge on any atom is 0.139 e. The highest BCUT2D eigenvalue weighted by molar-refractivity contribution is 5.67. The fraction of sp³-hybridized carbons (Fsp3) is 0.471. The van der Waals surface area contributed by atoms with Crippen LogP contribution in [0.5, 0.6) is 0 Å². The minimum atomic E-state index is -0.154. The third-order valence-electron chi connectivity index (χ3n) is 4.42. The SMILES string of the molecule is CCc1c(F)cc(-c2nccn2C)cc1N1CCC(OC)C1. The first-order chi connectivity index (χ1) is 10.6. The van der Waals surface area contributed by atoms with Gasteiger partial charge in [-0.2, -0.15) is 0 Å². The summed E-state index contributed by atoms with van der Waals surface area (Å²) in [6, 6.07) is 3.65. The Morgan fingerprint density at radius 1 is 1.41 bits per heavy atom. The smallest absolute Gasteiger partial charge is 0.139 e. The number of nitrogens with zero attached hydrogens (tertiary/aromatic N) is 3. The van der Waals surface area contributed by atoms with Crippen molar-refractivity contribution in [3.63, 3.8) is 0 Å². The average molecular weight is 303 g/mol. The van der Waals surface area contributed by atoms with Gasteiger partial charge in [0.2, 0.25) is 0 Å². The molecular formula is C17H22FN3O. The molecule has 2 heterocycles. The van der Waals surface area contributed by atoms with Crippen molar-refractivity contribution in [2.24, 2.45) is 7.05 Å². The van der Waals surface area contributed by atoms with Crippen LogP contribution in [0, 0.1) is 5.82 Å². The van der Waals surface area contributed by atoms with Crippen LogP contribution in [-0.4, -0.2) is 35.9 Å². The van der Waals surface area contributed by atoms with Gasteiger partial charge in [0.25, 0.3) is 0 Å². The number of rotatable bonds is 4. The summed E-state index contributed by atoms with van der Waals surface area (Å²) >= 11 is 0. The summed E-state index contributed by atoms with van der Waals surface area (Å²) in [7, 11) is 3.66. The first kappa shape index (κ1) is 15.0. The van der Waals surface area contributed by atoms with E-state index >= 15 is 0 Å². The van der Waals surface area contributed by atoms with Crippen LogP contribution in [0.2, 0.25) is 0 Å². The predicted octanol–water partition coefficient (Wildman–Crippen LogP) is 3.01. The number of methoxy groups -OCH3 is 1. The largest absolute Gasteiger partial charge is 0.380 e. The predicted molar refractivity (Wildman–Crippen MR) is 85.6 cm³/mol. The highest BCUT2D eigenvalue weighted by atomic mass is 19.1. The molecule has 1 saturated heterocycles. The molecule has 1 aromatic carbocycles. The van der Waals surface area contributed by atoms with Gasteiger partial charge in [-0.1, -0.05) is 6.92 Å². The van der Waals surface area contributed by atoms with Crippen molar-refractivity contribution in [1.29, 1.82) is 0 Å². The Hall–Kier alpha value is -1.88. The molecule has 2 aromatic rings. The molecule has 0 aliphatic carbocycles. The van der Waals surface area contributed by atoms with E-state index in [0.717, 1.165) is 42.1 Å². The standard InChI is InChI=1S/C17H22FN3O/c1-4-14-15(18)9-12(17-19-6-8-20(17)2)10-16(14)21-7-5-13(11-21)22-3/h6,8-10,13H,4-5,7,11H2,1-3H3. The van der Waals surface area contributed by atoms with Gasteiger partial charge in [0.05, 0.1) is 6.10 Å². The van der Waals surface area contributed by atoms with Crippen molar-refractivity contribution in [2.45, 2.75) is 25.9 Å². The van der Waals surface area contributed by atoms with Crippen LogP contribution < -0.4 is 4.90 Å². The van der Waals surface area contributed by atoms with Crippen molar-refractivity contribution < 1.29 is 9.13 Å². The van der Waals surface area contributed by atoms with E-state index in [1.807, 2.05) is 24.7 Å². The second kappa shape index (κ2) is 6.08. The van der Waals surface area contributed by atoms with E-state index < -0.39 is 0 Å². The van der Waals surface area contributed by atoms with Crippen molar-refractivity contribution in [1.82, 2.24) is 9.55 Å². The summed E-state index contributed by atoms with van der Waals surface area (Å²) < 4.78 is 21.9. The monoisotopic (exact) mass is 303 g/mol. The number of ether oxygens (including phenoxy) is 1. The molecule has 0 bridgehead atoms. The third-order valence-corrected chi connectivity index (χ3v) is 4.42. The van der Waals surface area contributed by atoms with Gasteiger partial charge in [-0.3, -0.25) is 0 Å². The quantitative estimate of drug-likeness (QED) is 0.870. The van der Waals surface area contributed by atoms with Crippen molar-refractivity contribution in [3.05, 3.63) is 35.9 Å². The van der Waals surface area contributed by atoms with Crippen LogP contribution in [-0.2, 0) is 18.2 Å². The summed E-state index contributed by atoms with van der Waals surface area (Å²) in [6.07, 6.45) is 5.49. The lowest BCUT2D eigenvalue weighted by Crippen LogP contribution is -2.23. The molecule has 0 amide bonds. The molecule has 1 aliphatic rings. The van der Waals surface area contributed by atoms with E-state index in [4.69, 9.17) is 4.74 Å². The van der Waals surface area contributed by atoms with Crippen LogP contribution in [0.25, 0.3) is 11.4 Å². The molecule has 3 rings (SSSR count). The summed E-state index contributed by atoms with van der Waals surface area (Å²) in [6.45, 7) is 3.70. The Balaban J connectivity index is 2.04. The minimum Gasteiger partial charge on any atom is -0.380 e. The Labute approximate surface area is 130 Å². The number of benzene rings is 1. The lowest BCUT2D eigenvalue weighted by atomic mass is 10.0. The first-order valence-corrected chi connectivity index (χ1v) is 7.72. The van der Waals surface area contributed by atoms with Gasteiger partial charge >= 0.3 is 0 Å². The lowest BCUT2D eigenvalue weighted by Gasteiger charge is -2.23. The van der Waals surface area contributed by atoms with Gasteiger partial charge in [0.15, 0.2) is 0 Å². The van der Waals surface area contributed by atoms with Gasteiger partial charge < -0.3 is 14.2 Å². The molecule has 1 aliphatic heterocycles. The van der Waals surface area contributed by atoms with Crippen molar-refractivity contribution in [2.75, 3.05) is 25.1 Å². The molecule has 1 unspecified atom stereocenters. The van der Waals surface area contributed by atoms with Crippen LogP contribution in [0.15, 0.2) is 24.5 Å². The lowest BCUT2D eigenvalue weighted by molar-refractivity contribution is 0.121. The highest BCUT2D eigenvalue weighted by Crippen LogP contribution is 2.32. The van der Waals surface area contributed by atoms with Crippen LogP contribution >= 0.6 is 0 Å². The van der Waals surface area contributed by atoms with Gasteiger partial charge in [-0.25, -0.2) is 9.37 Å². The van der Waals surface area contributed by atoms with E-state index in [9.17, 15) is 4.39 Å². The molecule has 0 N–H and O–H groups in total. The van der Waals surface area contributed by atoms with Crippen molar-refractivity contribution >= 4 is 5.69 Å². The number of imidazole rings is 1. The van der Waals surface area contributed by atoms with Gasteiger partial charge in [-0.15, -0.1) is 0 Å². The molecule has 1 atom stereocenters. The van der Waals surface area contributed by atoms with Crippen LogP contribution in [0.3, 0.4) is 0 Å². The second-order valence-corrected chi connectivity index (χ2v) is 5.76. The van der Waals surface area contributed by atoms with Gasteiger partial charge in [-0.05, 0) is 25.0 Å². The molecule has 0 saturated carbocycles. The highest BCUT2D eigenvalue weighted by Gasteiger charge is 2.25. The summed E-state index contributed by atoms with van der Waals surface area (Å²) in [5.74, 6) is 0.629. The molecule has 1 fully saturated rings. The van der Waals surface area contributed by atoms with Gasteiger partial charge in [0.1, 0.15) is 11.6 Å². The number of hydrogen-bond acceptors (Lipinski definition) is 3. The third kappa shape index (κ3) is 2.61. The Bertz CT molecular complexity index is 668. The zero-order chi connectivity index (χ0) is 15.7. The molecule has 0 spiro atoms. The number of anilines is 1. The Morgan fingerprint density at radius 3 is 2.82 bits per heavy atom. The topological polar surface area (TPSA) is 30.3 Å². The van der Waals surface area contributed by atoms with E-state index in [0.29, 0.717) is 6.42 Å². The molecule has 1 aromatic heterocycles. The van der Waals surface area contributed by atoms with E-state index in [2.05, 4.69) is 16.0 Å². The molecule has 22 heavy (non-hydrogen) atoms. The number of aryl methyl sites for hydroxylation is 1. The average Bonchev–Trinajstić information content (AvgIpc) is 3.15. The summed E-state index contributed by atoms with van der Waals surface area (Å²) in [5, 5.41) is 0. The zero-order valence-electron chi connectivity index (χ0n) is 13.3. The maximum absolute atomic E-state index is 14.6. The number of hydrogen-bond donors (Lipinski definition) is 0.